The Labute approximate surface area is 306 Å². The van der Waals surface area contributed by atoms with Gasteiger partial charge in [-0.05, 0) is 88.6 Å². The van der Waals surface area contributed by atoms with Crippen LogP contribution in [0.2, 0.25) is 0 Å². The Morgan fingerprint density at radius 3 is 2.00 bits per heavy atom. The monoisotopic (exact) mass is 727 g/mol. The Balaban J connectivity index is 3.18. The Bertz CT molecular complexity index is 1130. The van der Waals surface area contributed by atoms with Crippen molar-refractivity contribution >= 4 is 41.5 Å². The molecule has 1 aliphatic rings. The summed E-state index contributed by atoms with van der Waals surface area (Å²) in [5.41, 5.74) is -1.66. The highest BCUT2D eigenvalue weighted by atomic mass is 32.2. The number of hydrogen-bond donors (Lipinski definition) is 5. The average molecular weight is 728 g/mol. The van der Waals surface area contributed by atoms with E-state index in [1.807, 2.05) is 54.7 Å². The average Bonchev–Trinajstić information content (AvgIpc) is 3.26. The van der Waals surface area contributed by atoms with Crippen molar-refractivity contribution in [2.75, 3.05) is 25.1 Å². The van der Waals surface area contributed by atoms with Gasteiger partial charge in [-0.3, -0.25) is 19.2 Å². The highest BCUT2D eigenvalue weighted by Gasteiger charge is 2.48. The summed E-state index contributed by atoms with van der Waals surface area (Å²) >= 11 is 1.53. The Hall–Kier alpha value is -2.54. The molecule has 0 unspecified atom stereocenters. The first-order chi connectivity index (χ1) is 23.0. The molecule has 1 fully saturated rings. The van der Waals surface area contributed by atoms with Crippen molar-refractivity contribution in [1.29, 1.82) is 0 Å². The number of nitrogens with one attached hydrogen (secondary N) is 4. The minimum Gasteiger partial charge on any atom is -0.444 e. The summed E-state index contributed by atoms with van der Waals surface area (Å²) in [6, 6.07) is -3.13. The molecule has 1 aliphatic heterocycles. The van der Waals surface area contributed by atoms with Crippen LogP contribution in [0.5, 0.6) is 0 Å². The Morgan fingerprint density at radius 2 is 1.50 bits per heavy atom. The van der Waals surface area contributed by atoms with Crippen LogP contribution >= 0.6 is 11.8 Å². The van der Waals surface area contributed by atoms with E-state index in [0.717, 1.165) is 0 Å². The maximum atomic E-state index is 14.0. The van der Waals surface area contributed by atoms with E-state index in [-0.39, 0.29) is 41.9 Å². The molecule has 1 saturated heterocycles. The molecule has 0 bridgehead atoms. The molecule has 0 saturated carbocycles. The zero-order valence-corrected chi connectivity index (χ0v) is 33.9. The predicted octanol–water partition coefficient (Wildman–Crippen LogP) is 4.48. The molecular formula is C37H69N5O7S. The van der Waals surface area contributed by atoms with Gasteiger partial charge < -0.3 is 36.0 Å². The molecule has 5 N–H and O–H groups in total. The molecule has 0 aromatic heterocycles. The number of thioether (sulfide) groups is 1. The molecule has 0 aromatic carbocycles. The molecule has 0 spiro atoms. The van der Waals surface area contributed by atoms with Crippen LogP contribution in [-0.2, 0) is 23.9 Å². The first kappa shape index (κ1) is 45.5. The first-order valence-corrected chi connectivity index (χ1v) is 19.8. The minimum atomic E-state index is -1.05. The van der Waals surface area contributed by atoms with Gasteiger partial charge in [0.15, 0.2) is 0 Å². The molecule has 6 atom stereocenters. The van der Waals surface area contributed by atoms with E-state index in [9.17, 15) is 29.1 Å². The van der Waals surface area contributed by atoms with E-state index in [4.69, 9.17) is 4.74 Å². The fourth-order valence-electron chi connectivity index (χ4n) is 6.10. The lowest BCUT2D eigenvalue weighted by molar-refractivity contribution is -0.144. The number of alkyl carbamates (subject to hydrolysis) is 1. The molecule has 0 radical (unpaired) electrons. The highest BCUT2D eigenvalue weighted by Crippen LogP contribution is 2.39. The molecule has 1 rings (SSSR count). The number of ether oxygens (including phenoxy) is 1. The number of nitrogens with zero attached hydrogens (tertiary/aromatic N) is 1. The van der Waals surface area contributed by atoms with Crippen molar-refractivity contribution < 1.29 is 33.8 Å². The molecule has 0 aliphatic carbocycles. The zero-order valence-electron chi connectivity index (χ0n) is 33.1. The first-order valence-electron chi connectivity index (χ1n) is 18.4. The maximum Gasteiger partial charge on any atom is 0.408 e. The summed E-state index contributed by atoms with van der Waals surface area (Å²) in [4.78, 5) is 68.7. The number of hydrogen-bond acceptors (Lipinski definition) is 8. The third-order valence-electron chi connectivity index (χ3n) is 8.78. The summed E-state index contributed by atoms with van der Waals surface area (Å²) in [6.45, 7) is 23.6. The van der Waals surface area contributed by atoms with Gasteiger partial charge in [-0.1, -0.05) is 62.3 Å². The largest absolute Gasteiger partial charge is 0.444 e. The van der Waals surface area contributed by atoms with Gasteiger partial charge in [0.1, 0.15) is 23.7 Å². The highest BCUT2D eigenvalue weighted by molar-refractivity contribution is 7.98. The summed E-state index contributed by atoms with van der Waals surface area (Å²) in [5.74, 6) is -0.384. The van der Waals surface area contributed by atoms with Crippen LogP contribution in [0.15, 0.2) is 0 Å². The maximum absolute atomic E-state index is 14.0. The number of carbonyl (C=O) groups is 5. The number of carbonyl (C=O) groups excluding carboxylic acids is 5. The van der Waals surface area contributed by atoms with Gasteiger partial charge in [-0.2, -0.15) is 11.8 Å². The van der Waals surface area contributed by atoms with Crippen molar-refractivity contribution in [3.8, 4) is 0 Å². The minimum absolute atomic E-state index is 0.110. The van der Waals surface area contributed by atoms with E-state index in [0.29, 0.717) is 44.5 Å². The number of rotatable bonds is 20. The molecule has 12 nitrogen and oxygen atoms in total. The third kappa shape index (κ3) is 15.4. The Morgan fingerprint density at radius 1 is 0.900 bits per heavy atom. The SMILES string of the molecule is CSCC[C@H](NC(=O)[C@@H](NC(=O)OC(C)(C)C)C(C)C)C(=O)N[C@@H](CC(C)C)[C@@H](O)C[C@]1(C)CCN([C@@H](CC(C)C)C(=O)NCC(C)C)C1=O. The fourth-order valence-corrected chi connectivity index (χ4v) is 6.57. The number of aliphatic hydroxyl groups is 1. The number of aliphatic hydroxyl groups excluding tert-OH is 1. The lowest BCUT2D eigenvalue weighted by Gasteiger charge is -2.34. The van der Waals surface area contributed by atoms with Crippen LogP contribution in [-0.4, -0.2) is 101 Å². The third-order valence-corrected chi connectivity index (χ3v) is 9.43. The second-order valence-electron chi connectivity index (χ2n) is 16.8. The normalized spacial score (nSPS) is 19.7. The van der Waals surface area contributed by atoms with Crippen LogP contribution < -0.4 is 21.3 Å². The number of amides is 5. The van der Waals surface area contributed by atoms with Gasteiger partial charge in [0.25, 0.3) is 0 Å². The lowest BCUT2D eigenvalue weighted by Crippen LogP contribution is -2.58. The van der Waals surface area contributed by atoms with Gasteiger partial charge in [0.2, 0.25) is 23.6 Å². The van der Waals surface area contributed by atoms with Gasteiger partial charge in [-0.15, -0.1) is 0 Å². The summed E-state index contributed by atoms with van der Waals surface area (Å²) in [5, 5.41) is 23.1. The van der Waals surface area contributed by atoms with Crippen molar-refractivity contribution in [3.63, 3.8) is 0 Å². The van der Waals surface area contributed by atoms with Gasteiger partial charge >= 0.3 is 6.09 Å². The van der Waals surface area contributed by atoms with Gasteiger partial charge in [0.05, 0.1) is 17.6 Å². The summed E-state index contributed by atoms with van der Waals surface area (Å²) in [6.07, 6.45) is 2.04. The molecular weight excluding hydrogens is 659 g/mol. The van der Waals surface area contributed by atoms with E-state index < -0.39 is 59.2 Å². The standard InChI is InChI=1S/C37H69N5O7S/c1-22(2)18-27(29(43)20-37(12)15-16-42(34(37)47)28(19-23(3)4)32(45)38-21-24(5)6)40-31(44)26(14-17-50-13)39-33(46)30(25(7)8)41-35(48)49-36(9,10)11/h22-30,43H,14-21H2,1-13H3,(H,38,45)(H,39,46)(H,40,44)(H,41,48)/t26-,27-,28-,29-,30-,37-/m0/s1. The van der Waals surface area contributed by atoms with E-state index in [1.165, 1.54) is 11.8 Å². The Kier molecular flexibility index (Phi) is 18.6. The second-order valence-corrected chi connectivity index (χ2v) is 17.8. The van der Waals surface area contributed by atoms with Gasteiger partial charge in [-0.25, -0.2) is 4.79 Å². The van der Waals surface area contributed by atoms with Crippen molar-refractivity contribution in [2.24, 2.45) is 29.1 Å². The number of likely N-dealkylation sites (tertiary alicyclic amines) is 1. The van der Waals surface area contributed by atoms with Crippen LogP contribution in [0.25, 0.3) is 0 Å². The van der Waals surface area contributed by atoms with E-state index in [2.05, 4.69) is 21.3 Å². The zero-order chi connectivity index (χ0) is 38.6. The quantitative estimate of drug-likeness (QED) is 0.123. The molecule has 50 heavy (non-hydrogen) atoms. The van der Waals surface area contributed by atoms with Crippen LogP contribution in [0.3, 0.4) is 0 Å². The summed E-state index contributed by atoms with van der Waals surface area (Å²) < 4.78 is 5.35. The lowest BCUT2D eigenvalue weighted by atomic mass is 9.80. The van der Waals surface area contributed by atoms with E-state index in [1.54, 1.807) is 39.5 Å². The van der Waals surface area contributed by atoms with E-state index >= 15 is 0 Å². The van der Waals surface area contributed by atoms with Crippen molar-refractivity contribution in [3.05, 3.63) is 0 Å². The van der Waals surface area contributed by atoms with Crippen LogP contribution in [0.4, 0.5) is 4.79 Å². The molecule has 290 valence electrons. The molecule has 1 heterocycles. The predicted molar refractivity (Wildman–Crippen MR) is 200 cm³/mol. The van der Waals surface area contributed by atoms with Crippen molar-refractivity contribution in [2.45, 2.75) is 151 Å². The smallest absolute Gasteiger partial charge is 0.408 e. The summed E-state index contributed by atoms with van der Waals surface area (Å²) in [7, 11) is 0. The molecule has 5 amide bonds. The molecule has 13 heteroatoms. The van der Waals surface area contributed by atoms with Gasteiger partial charge in [0, 0.05) is 13.1 Å². The topological polar surface area (TPSA) is 166 Å². The van der Waals surface area contributed by atoms with Crippen LogP contribution in [0.1, 0.15) is 115 Å². The fraction of sp³-hybridized carbons (Fsp3) is 0.865. The second kappa shape index (κ2) is 20.5. The molecule has 0 aromatic rings. The van der Waals surface area contributed by atoms with Crippen LogP contribution in [0, 0.1) is 29.1 Å². The van der Waals surface area contributed by atoms with Crippen molar-refractivity contribution in [1.82, 2.24) is 26.2 Å².